The topological polar surface area (TPSA) is 44.4 Å². The van der Waals surface area contributed by atoms with E-state index in [4.69, 9.17) is 0 Å². The minimum atomic E-state index is -2.78. The highest BCUT2D eigenvalue weighted by molar-refractivity contribution is 5.85. The van der Waals surface area contributed by atoms with Crippen molar-refractivity contribution >= 4 is 30.7 Å². The van der Waals surface area contributed by atoms with Crippen molar-refractivity contribution in [2.45, 2.75) is 63.7 Å². The zero-order valence-corrected chi connectivity index (χ0v) is 17.2. The molecule has 2 unspecified atom stereocenters. The summed E-state index contributed by atoms with van der Waals surface area (Å²) in [6.07, 6.45) is 3.42. The molecular weight excluding hydrogens is 395 g/mol. The van der Waals surface area contributed by atoms with E-state index in [2.05, 4.69) is 34.6 Å². The van der Waals surface area contributed by atoms with Crippen molar-refractivity contribution in [2.75, 3.05) is 13.1 Å². The third kappa shape index (κ3) is 6.86. The highest BCUT2D eigenvalue weighted by atomic mass is 35.5. The van der Waals surface area contributed by atoms with Gasteiger partial charge in [-0.3, -0.25) is 15.0 Å². The second-order valence-corrected chi connectivity index (χ2v) is 7.34. The number of halogens is 4. The molecule has 2 heterocycles. The van der Waals surface area contributed by atoms with Crippen LogP contribution >= 0.6 is 24.8 Å². The molecule has 2 saturated heterocycles. The largest absolute Gasteiger partial charge is 0.351 e. The van der Waals surface area contributed by atoms with Gasteiger partial charge in [-0.15, -0.1) is 24.8 Å². The Balaban J connectivity index is 0.00000182. The van der Waals surface area contributed by atoms with Gasteiger partial charge in [-0.05, 0) is 37.4 Å². The summed E-state index contributed by atoms with van der Waals surface area (Å²) < 4.78 is 26.3. The molecule has 1 amide bonds. The molecular formula is C19H29Cl2F2N3O. The van der Waals surface area contributed by atoms with Crippen molar-refractivity contribution in [3.8, 4) is 0 Å². The number of hydrogen-bond donors (Lipinski definition) is 2. The summed E-state index contributed by atoms with van der Waals surface area (Å²) >= 11 is 0. The molecule has 0 radical (unpaired) electrons. The van der Waals surface area contributed by atoms with Crippen molar-refractivity contribution in [1.29, 1.82) is 0 Å². The van der Waals surface area contributed by atoms with Crippen LogP contribution in [0, 0.1) is 0 Å². The standard InChI is InChI=1S/C19H27F2N3O.2ClH/c1-14-4-2-3-9-24(14)12-16-7-5-15(6-8-16)11-22-18(25)17-10-19(20,21)13-23-17;;/h5-8,14,17,23H,2-4,9-13H2,1H3,(H,22,25);2*1H. The molecule has 0 saturated carbocycles. The molecule has 0 aromatic heterocycles. The fraction of sp³-hybridized carbons (Fsp3) is 0.632. The van der Waals surface area contributed by atoms with Crippen molar-refractivity contribution in [3.63, 3.8) is 0 Å². The van der Waals surface area contributed by atoms with E-state index in [9.17, 15) is 13.6 Å². The van der Waals surface area contributed by atoms with Crippen LogP contribution in [0.15, 0.2) is 24.3 Å². The molecule has 3 rings (SSSR count). The van der Waals surface area contributed by atoms with E-state index >= 15 is 0 Å². The number of rotatable bonds is 5. The third-order valence-corrected chi connectivity index (χ3v) is 5.24. The van der Waals surface area contributed by atoms with Crippen LogP contribution in [0.1, 0.15) is 43.7 Å². The van der Waals surface area contributed by atoms with E-state index in [1.54, 1.807) is 0 Å². The lowest BCUT2D eigenvalue weighted by molar-refractivity contribution is -0.123. The number of nitrogens with zero attached hydrogens (tertiary/aromatic N) is 1. The van der Waals surface area contributed by atoms with Gasteiger partial charge in [-0.2, -0.15) is 0 Å². The van der Waals surface area contributed by atoms with E-state index < -0.39 is 24.9 Å². The van der Waals surface area contributed by atoms with Crippen molar-refractivity contribution < 1.29 is 13.6 Å². The van der Waals surface area contributed by atoms with Crippen LogP contribution < -0.4 is 10.6 Å². The predicted molar refractivity (Wildman–Crippen MR) is 108 cm³/mol. The lowest BCUT2D eigenvalue weighted by Gasteiger charge is -2.33. The maximum atomic E-state index is 13.1. The monoisotopic (exact) mass is 423 g/mol. The Labute approximate surface area is 172 Å². The molecule has 1 aromatic rings. The van der Waals surface area contributed by atoms with Gasteiger partial charge in [0.1, 0.15) is 0 Å². The zero-order valence-electron chi connectivity index (χ0n) is 15.5. The zero-order chi connectivity index (χ0) is 17.9. The van der Waals surface area contributed by atoms with Crippen LogP contribution in [0.25, 0.3) is 0 Å². The Morgan fingerprint density at radius 2 is 1.89 bits per heavy atom. The predicted octanol–water partition coefficient (Wildman–Crippen LogP) is 3.52. The Morgan fingerprint density at radius 3 is 2.48 bits per heavy atom. The number of nitrogens with one attached hydrogen (secondary N) is 2. The summed E-state index contributed by atoms with van der Waals surface area (Å²) in [7, 11) is 0. The van der Waals surface area contributed by atoms with E-state index in [1.165, 1.54) is 24.8 Å². The van der Waals surface area contributed by atoms with Gasteiger partial charge in [0.05, 0.1) is 12.6 Å². The maximum absolute atomic E-state index is 13.1. The van der Waals surface area contributed by atoms with Gasteiger partial charge in [0.15, 0.2) is 0 Å². The van der Waals surface area contributed by atoms with Gasteiger partial charge >= 0.3 is 0 Å². The van der Waals surface area contributed by atoms with Crippen LogP contribution in [0.5, 0.6) is 0 Å². The number of carbonyl (C=O) groups is 1. The minimum Gasteiger partial charge on any atom is -0.351 e. The molecule has 4 nitrogen and oxygen atoms in total. The summed E-state index contributed by atoms with van der Waals surface area (Å²) in [6, 6.07) is 8.01. The molecule has 2 fully saturated rings. The number of amides is 1. The molecule has 2 aliphatic rings. The first-order valence-electron chi connectivity index (χ1n) is 9.14. The van der Waals surface area contributed by atoms with Gasteiger partial charge in [0.25, 0.3) is 5.92 Å². The fourth-order valence-electron chi connectivity index (χ4n) is 3.60. The first-order valence-corrected chi connectivity index (χ1v) is 9.14. The summed E-state index contributed by atoms with van der Waals surface area (Å²) in [6.45, 7) is 4.33. The van der Waals surface area contributed by atoms with Crippen LogP contribution in [0.3, 0.4) is 0 Å². The van der Waals surface area contributed by atoms with Gasteiger partial charge in [0, 0.05) is 25.6 Å². The Hall–Kier alpha value is -0.950. The highest BCUT2D eigenvalue weighted by Gasteiger charge is 2.42. The molecule has 27 heavy (non-hydrogen) atoms. The summed E-state index contributed by atoms with van der Waals surface area (Å²) in [4.78, 5) is 14.5. The average molecular weight is 424 g/mol. The van der Waals surface area contributed by atoms with Crippen molar-refractivity contribution in [2.24, 2.45) is 0 Å². The highest BCUT2D eigenvalue weighted by Crippen LogP contribution is 2.25. The number of benzene rings is 1. The first kappa shape index (κ1) is 24.1. The van der Waals surface area contributed by atoms with Gasteiger partial charge in [0.2, 0.25) is 5.91 Å². The lowest BCUT2D eigenvalue weighted by atomic mass is 10.0. The molecule has 2 atom stereocenters. The SMILES string of the molecule is CC1CCCCN1Cc1ccc(CNC(=O)C2CC(F)(F)CN2)cc1.Cl.Cl. The Morgan fingerprint density at radius 1 is 1.22 bits per heavy atom. The first-order chi connectivity index (χ1) is 11.9. The number of piperidine rings is 1. The van der Waals surface area contributed by atoms with Gasteiger partial charge < -0.3 is 5.32 Å². The van der Waals surface area contributed by atoms with Crippen LogP contribution in [0.4, 0.5) is 8.78 Å². The maximum Gasteiger partial charge on any atom is 0.262 e. The lowest BCUT2D eigenvalue weighted by Crippen LogP contribution is -2.40. The number of alkyl halides is 2. The second-order valence-electron chi connectivity index (χ2n) is 7.34. The Bertz CT molecular complexity index is 601. The molecule has 8 heteroatoms. The van der Waals surface area contributed by atoms with Crippen LogP contribution in [0.2, 0.25) is 0 Å². The van der Waals surface area contributed by atoms with Gasteiger partial charge in [-0.25, -0.2) is 8.78 Å². The minimum absolute atomic E-state index is 0. The molecule has 154 valence electrons. The third-order valence-electron chi connectivity index (χ3n) is 5.24. The smallest absolute Gasteiger partial charge is 0.262 e. The van der Waals surface area contributed by atoms with Crippen LogP contribution in [-0.2, 0) is 17.9 Å². The molecule has 2 N–H and O–H groups in total. The second kappa shape index (κ2) is 10.6. The Kier molecular flexibility index (Phi) is 9.42. The van der Waals surface area contributed by atoms with Crippen molar-refractivity contribution in [1.82, 2.24) is 15.5 Å². The number of likely N-dealkylation sites (tertiary alicyclic amines) is 1. The summed E-state index contributed by atoms with van der Waals surface area (Å²) in [5, 5.41) is 5.32. The number of hydrogen-bond acceptors (Lipinski definition) is 3. The average Bonchev–Trinajstić information content (AvgIpc) is 2.96. The van der Waals surface area contributed by atoms with E-state index in [1.807, 2.05) is 12.1 Å². The van der Waals surface area contributed by atoms with E-state index in [0.717, 1.165) is 18.7 Å². The molecule has 2 aliphatic heterocycles. The van der Waals surface area contributed by atoms with Gasteiger partial charge in [-0.1, -0.05) is 30.7 Å². The van der Waals surface area contributed by atoms with E-state index in [0.29, 0.717) is 12.6 Å². The molecule has 0 bridgehead atoms. The normalized spacial score (nSPS) is 24.6. The summed E-state index contributed by atoms with van der Waals surface area (Å²) in [5.74, 6) is -3.14. The quantitative estimate of drug-likeness (QED) is 0.761. The number of carbonyl (C=O) groups excluding carboxylic acids is 1. The van der Waals surface area contributed by atoms with E-state index in [-0.39, 0.29) is 30.7 Å². The molecule has 0 aliphatic carbocycles. The summed E-state index contributed by atoms with van der Waals surface area (Å²) in [5.41, 5.74) is 2.24. The van der Waals surface area contributed by atoms with Crippen molar-refractivity contribution in [3.05, 3.63) is 35.4 Å². The fourth-order valence-corrected chi connectivity index (χ4v) is 3.60. The molecule has 0 spiro atoms. The van der Waals surface area contributed by atoms with Crippen LogP contribution in [-0.4, -0.2) is 41.9 Å². The molecule has 1 aromatic carbocycles.